The van der Waals surface area contributed by atoms with E-state index in [1.165, 1.54) is 6.42 Å². The first-order valence-corrected chi connectivity index (χ1v) is 9.76. The SMILES string of the molecule is C=CC[C@@H](C)C[C@@H](C)CO[Si](C)(C)C(C)(C)C. The lowest BCUT2D eigenvalue weighted by atomic mass is 9.95. The molecule has 0 aromatic heterocycles. The van der Waals surface area contributed by atoms with E-state index in [1.807, 2.05) is 6.08 Å². The zero-order chi connectivity index (χ0) is 13.7. The highest BCUT2D eigenvalue weighted by Gasteiger charge is 2.37. The second-order valence-electron chi connectivity index (χ2n) is 7.04. The molecule has 0 rings (SSSR count). The van der Waals surface area contributed by atoms with Gasteiger partial charge in [0.15, 0.2) is 8.32 Å². The maximum atomic E-state index is 6.25. The van der Waals surface area contributed by atoms with Crippen molar-refractivity contribution in [1.82, 2.24) is 0 Å². The lowest BCUT2D eigenvalue weighted by Gasteiger charge is -2.37. The van der Waals surface area contributed by atoms with Crippen molar-refractivity contribution < 1.29 is 4.43 Å². The van der Waals surface area contributed by atoms with Crippen LogP contribution in [-0.4, -0.2) is 14.9 Å². The largest absolute Gasteiger partial charge is 0.417 e. The molecule has 0 amide bonds. The molecule has 2 atom stereocenters. The third kappa shape index (κ3) is 6.42. The van der Waals surface area contributed by atoms with Crippen molar-refractivity contribution in [2.45, 2.75) is 65.6 Å². The molecule has 0 saturated carbocycles. The third-order valence-electron chi connectivity index (χ3n) is 3.91. The zero-order valence-electron chi connectivity index (χ0n) is 13.0. The van der Waals surface area contributed by atoms with E-state index in [0.717, 1.165) is 18.9 Å². The van der Waals surface area contributed by atoms with E-state index in [9.17, 15) is 0 Å². The summed E-state index contributed by atoms with van der Waals surface area (Å²) in [6.45, 7) is 20.9. The smallest absolute Gasteiger partial charge is 0.191 e. The Balaban J connectivity index is 4.07. The fourth-order valence-corrected chi connectivity index (χ4v) is 2.84. The predicted molar refractivity (Wildman–Crippen MR) is 80.9 cm³/mol. The van der Waals surface area contributed by atoms with Crippen LogP contribution in [0.25, 0.3) is 0 Å². The quantitative estimate of drug-likeness (QED) is 0.447. The van der Waals surface area contributed by atoms with Crippen LogP contribution in [0.5, 0.6) is 0 Å². The lowest BCUT2D eigenvalue weighted by molar-refractivity contribution is 0.217. The van der Waals surface area contributed by atoms with Crippen molar-refractivity contribution in [2.24, 2.45) is 11.8 Å². The van der Waals surface area contributed by atoms with Gasteiger partial charge in [-0.15, -0.1) is 6.58 Å². The van der Waals surface area contributed by atoms with E-state index < -0.39 is 8.32 Å². The Bertz CT molecular complexity index is 228. The molecular weight excluding hydrogens is 224 g/mol. The summed E-state index contributed by atoms with van der Waals surface area (Å²) in [6.07, 6.45) is 4.37. The second kappa shape index (κ2) is 6.74. The van der Waals surface area contributed by atoms with E-state index in [4.69, 9.17) is 4.43 Å². The molecule has 0 unspecified atom stereocenters. The first-order chi connectivity index (χ1) is 7.60. The highest BCUT2D eigenvalue weighted by molar-refractivity contribution is 6.74. The fraction of sp³-hybridized carbons (Fsp3) is 0.867. The van der Waals surface area contributed by atoms with Gasteiger partial charge in [0.25, 0.3) is 0 Å². The van der Waals surface area contributed by atoms with Crippen LogP contribution in [0.3, 0.4) is 0 Å². The molecule has 0 aliphatic carbocycles. The van der Waals surface area contributed by atoms with Gasteiger partial charge < -0.3 is 4.43 Å². The fourth-order valence-electron chi connectivity index (χ4n) is 1.70. The molecule has 0 heterocycles. The van der Waals surface area contributed by atoms with Gasteiger partial charge in [-0.3, -0.25) is 0 Å². The van der Waals surface area contributed by atoms with E-state index in [-0.39, 0.29) is 0 Å². The molecule has 2 heteroatoms. The molecule has 0 aliphatic rings. The summed E-state index contributed by atoms with van der Waals surface area (Å²) < 4.78 is 6.25. The summed E-state index contributed by atoms with van der Waals surface area (Å²) in [5, 5.41) is 0.319. The zero-order valence-corrected chi connectivity index (χ0v) is 14.0. The first-order valence-electron chi connectivity index (χ1n) is 6.85. The summed E-state index contributed by atoms with van der Waals surface area (Å²) in [5.41, 5.74) is 0. The van der Waals surface area contributed by atoms with Crippen LogP contribution in [0.1, 0.15) is 47.5 Å². The summed E-state index contributed by atoms with van der Waals surface area (Å²) >= 11 is 0. The topological polar surface area (TPSA) is 9.23 Å². The van der Waals surface area contributed by atoms with Crippen LogP contribution >= 0.6 is 0 Å². The van der Waals surface area contributed by atoms with Gasteiger partial charge in [-0.05, 0) is 42.8 Å². The van der Waals surface area contributed by atoms with Gasteiger partial charge in [0.1, 0.15) is 0 Å². The summed E-state index contributed by atoms with van der Waals surface area (Å²) in [5.74, 6) is 1.38. The predicted octanol–water partition coefficient (Wildman–Crippen LogP) is 5.25. The van der Waals surface area contributed by atoms with Crippen LogP contribution in [-0.2, 0) is 4.43 Å². The van der Waals surface area contributed by atoms with Crippen LogP contribution in [0.2, 0.25) is 18.1 Å². The highest BCUT2D eigenvalue weighted by Crippen LogP contribution is 2.37. The normalized spacial score (nSPS) is 16.6. The first kappa shape index (κ1) is 16.9. The minimum atomic E-state index is -1.56. The Labute approximate surface area is 110 Å². The van der Waals surface area contributed by atoms with Crippen molar-refractivity contribution in [1.29, 1.82) is 0 Å². The van der Waals surface area contributed by atoms with Crippen LogP contribution < -0.4 is 0 Å². The Kier molecular flexibility index (Phi) is 6.71. The number of hydrogen-bond donors (Lipinski definition) is 0. The molecule has 0 saturated heterocycles. The van der Waals surface area contributed by atoms with Crippen molar-refractivity contribution in [3.8, 4) is 0 Å². The van der Waals surface area contributed by atoms with Gasteiger partial charge in [-0.2, -0.15) is 0 Å². The Hall–Kier alpha value is -0.0831. The number of allylic oxidation sites excluding steroid dienone is 1. The van der Waals surface area contributed by atoms with E-state index >= 15 is 0 Å². The van der Waals surface area contributed by atoms with Crippen LogP contribution in [0.4, 0.5) is 0 Å². The average molecular weight is 257 g/mol. The Morgan fingerprint density at radius 2 is 1.71 bits per heavy atom. The molecule has 102 valence electrons. The van der Waals surface area contributed by atoms with E-state index in [1.54, 1.807) is 0 Å². The molecule has 17 heavy (non-hydrogen) atoms. The number of rotatable bonds is 7. The minimum Gasteiger partial charge on any atom is -0.417 e. The van der Waals surface area contributed by atoms with Crippen LogP contribution in [0.15, 0.2) is 12.7 Å². The molecule has 0 radical (unpaired) electrons. The van der Waals surface area contributed by atoms with Crippen molar-refractivity contribution in [3.63, 3.8) is 0 Å². The maximum Gasteiger partial charge on any atom is 0.191 e. The average Bonchev–Trinajstić information content (AvgIpc) is 2.13. The minimum absolute atomic E-state index is 0.319. The Morgan fingerprint density at radius 3 is 2.12 bits per heavy atom. The summed E-state index contributed by atoms with van der Waals surface area (Å²) in [4.78, 5) is 0. The molecule has 0 aliphatic heterocycles. The van der Waals surface area contributed by atoms with Gasteiger partial charge in [-0.25, -0.2) is 0 Å². The van der Waals surface area contributed by atoms with E-state index in [2.05, 4.69) is 54.3 Å². The van der Waals surface area contributed by atoms with Gasteiger partial charge in [0, 0.05) is 6.61 Å². The molecule has 1 nitrogen and oxygen atoms in total. The summed E-state index contributed by atoms with van der Waals surface area (Å²) in [6, 6.07) is 0. The summed E-state index contributed by atoms with van der Waals surface area (Å²) in [7, 11) is -1.56. The molecule has 0 bridgehead atoms. The number of hydrogen-bond acceptors (Lipinski definition) is 1. The molecule has 0 aromatic carbocycles. The van der Waals surface area contributed by atoms with Gasteiger partial charge in [0.2, 0.25) is 0 Å². The Morgan fingerprint density at radius 1 is 1.18 bits per heavy atom. The van der Waals surface area contributed by atoms with Crippen molar-refractivity contribution in [3.05, 3.63) is 12.7 Å². The molecule has 0 spiro atoms. The molecule has 0 N–H and O–H groups in total. The molecular formula is C15H32OSi. The monoisotopic (exact) mass is 256 g/mol. The standard InChI is InChI=1S/C15H32OSi/c1-9-10-13(2)11-14(3)12-16-17(7,8)15(4,5)6/h9,13-14H,1,10-12H2,2-8H3/t13-,14-/m1/s1. The molecule has 0 fully saturated rings. The second-order valence-corrected chi connectivity index (χ2v) is 11.9. The van der Waals surface area contributed by atoms with Crippen molar-refractivity contribution >= 4 is 8.32 Å². The highest BCUT2D eigenvalue weighted by atomic mass is 28.4. The molecule has 0 aromatic rings. The third-order valence-corrected chi connectivity index (χ3v) is 8.41. The van der Waals surface area contributed by atoms with Gasteiger partial charge in [-0.1, -0.05) is 40.7 Å². The van der Waals surface area contributed by atoms with Gasteiger partial charge >= 0.3 is 0 Å². The van der Waals surface area contributed by atoms with E-state index in [0.29, 0.717) is 11.0 Å². The van der Waals surface area contributed by atoms with Gasteiger partial charge in [0.05, 0.1) is 0 Å². The lowest BCUT2D eigenvalue weighted by Crippen LogP contribution is -2.41. The maximum absolute atomic E-state index is 6.25. The van der Waals surface area contributed by atoms with Crippen LogP contribution in [0, 0.1) is 11.8 Å². The van der Waals surface area contributed by atoms with Crippen molar-refractivity contribution in [2.75, 3.05) is 6.61 Å².